The maximum atomic E-state index is 4.91. The molecule has 0 aliphatic carbocycles. The summed E-state index contributed by atoms with van der Waals surface area (Å²) in [6, 6.07) is 21.2. The Hall–Kier alpha value is -2.17. The predicted octanol–water partition coefficient (Wildman–Crippen LogP) is 6.36. The summed E-state index contributed by atoms with van der Waals surface area (Å²) in [5, 5.41) is 4.93. The fourth-order valence-electron chi connectivity index (χ4n) is 3.18. The number of hydrogen-bond acceptors (Lipinski definition) is 2. The van der Waals surface area contributed by atoms with Crippen LogP contribution in [0.15, 0.2) is 64.5 Å². The Kier molecular flexibility index (Phi) is 2.84. The average molecular weight is 379 g/mol. The van der Waals surface area contributed by atoms with E-state index in [0.717, 1.165) is 25.5 Å². The third-order valence-corrected chi connectivity index (χ3v) is 5.81. The first-order valence-corrected chi connectivity index (χ1v) is 8.97. The summed E-state index contributed by atoms with van der Waals surface area (Å²) in [6.45, 7) is 0. The Bertz CT molecular complexity index is 1110. The van der Waals surface area contributed by atoms with Crippen molar-refractivity contribution in [3.05, 3.63) is 64.5 Å². The molecule has 0 fully saturated rings. The van der Waals surface area contributed by atoms with Crippen LogP contribution < -0.4 is 0 Å². The van der Waals surface area contributed by atoms with Crippen molar-refractivity contribution in [2.45, 2.75) is 0 Å². The van der Waals surface area contributed by atoms with E-state index in [1.807, 2.05) is 0 Å². The summed E-state index contributed by atoms with van der Waals surface area (Å²) in [4.78, 5) is 9.59. The lowest BCUT2D eigenvalue weighted by Crippen LogP contribution is -1.81. The first kappa shape index (κ1) is 13.3. The molecule has 0 atom stereocenters. The van der Waals surface area contributed by atoms with Crippen molar-refractivity contribution in [1.29, 1.82) is 0 Å². The standard InChI is InChI=1S/C19H11BrN2S/c20-16-10-9-15(23-16)19-21-17-13-7-3-1-5-11(13)12-6-2-4-8-14(12)18(17)22-19/h1-10H,(H,21,22). The van der Waals surface area contributed by atoms with Crippen LogP contribution in [0.3, 0.4) is 0 Å². The second kappa shape index (κ2) is 4.91. The van der Waals surface area contributed by atoms with Gasteiger partial charge in [-0.2, -0.15) is 0 Å². The van der Waals surface area contributed by atoms with E-state index in [0.29, 0.717) is 0 Å². The zero-order valence-electron chi connectivity index (χ0n) is 12.0. The molecular formula is C19H11BrN2S. The predicted molar refractivity (Wildman–Crippen MR) is 102 cm³/mol. The molecular weight excluding hydrogens is 368 g/mol. The number of halogens is 1. The van der Waals surface area contributed by atoms with Gasteiger partial charge in [0, 0.05) is 10.8 Å². The first-order valence-electron chi connectivity index (χ1n) is 7.36. The molecule has 5 rings (SSSR count). The molecule has 2 nitrogen and oxygen atoms in total. The number of aromatic nitrogens is 2. The molecule has 4 heteroatoms. The summed E-state index contributed by atoms with van der Waals surface area (Å²) in [7, 11) is 0. The van der Waals surface area contributed by atoms with E-state index in [1.54, 1.807) is 11.3 Å². The summed E-state index contributed by atoms with van der Waals surface area (Å²) in [6.07, 6.45) is 0. The van der Waals surface area contributed by atoms with Gasteiger partial charge in [-0.1, -0.05) is 48.5 Å². The van der Waals surface area contributed by atoms with Gasteiger partial charge in [0.2, 0.25) is 0 Å². The minimum atomic E-state index is 0.928. The van der Waals surface area contributed by atoms with E-state index in [1.165, 1.54) is 21.5 Å². The van der Waals surface area contributed by atoms with Gasteiger partial charge in [-0.15, -0.1) is 11.3 Å². The zero-order chi connectivity index (χ0) is 15.4. The van der Waals surface area contributed by atoms with E-state index in [2.05, 4.69) is 81.6 Å². The van der Waals surface area contributed by atoms with E-state index in [4.69, 9.17) is 4.98 Å². The van der Waals surface area contributed by atoms with Crippen LogP contribution in [0.25, 0.3) is 43.3 Å². The Balaban J connectivity index is 1.98. The highest BCUT2D eigenvalue weighted by molar-refractivity contribution is 9.11. The van der Waals surface area contributed by atoms with E-state index < -0.39 is 0 Å². The van der Waals surface area contributed by atoms with Gasteiger partial charge in [0.1, 0.15) is 5.82 Å². The van der Waals surface area contributed by atoms with Crippen LogP contribution in [0.1, 0.15) is 0 Å². The summed E-state index contributed by atoms with van der Waals surface area (Å²) >= 11 is 5.22. The number of benzene rings is 3. The molecule has 0 amide bonds. The minimum absolute atomic E-state index is 0.928. The monoisotopic (exact) mass is 378 g/mol. The van der Waals surface area contributed by atoms with Crippen LogP contribution in [0.5, 0.6) is 0 Å². The topological polar surface area (TPSA) is 28.7 Å². The Labute approximate surface area is 144 Å². The molecule has 3 aromatic carbocycles. The number of nitrogens with zero attached hydrogens (tertiary/aromatic N) is 1. The molecule has 0 unspecified atom stereocenters. The van der Waals surface area contributed by atoms with Crippen LogP contribution in [0.4, 0.5) is 0 Å². The summed E-state index contributed by atoms with van der Waals surface area (Å²) in [5.74, 6) is 0.928. The molecule has 1 N–H and O–H groups in total. The van der Waals surface area contributed by atoms with Crippen LogP contribution >= 0.6 is 27.3 Å². The lowest BCUT2D eigenvalue weighted by atomic mass is 10.0. The molecule has 2 heterocycles. The molecule has 0 aliphatic rings. The lowest BCUT2D eigenvalue weighted by molar-refractivity contribution is 1.36. The number of aromatic amines is 1. The van der Waals surface area contributed by atoms with Crippen LogP contribution in [-0.2, 0) is 0 Å². The lowest BCUT2D eigenvalue weighted by Gasteiger charge is -2.05. The second-order valence-electron chi connectivity index (χ2n) is 5.50. The number of rotatable bonds is 1. The van der Waals surface area contributed by atoms with E-state index in [-0.39, 0.29) is 0 Å². The molecule has 2 aromatic heterocycles. The van der Waals surface area contributed by atoms with Gasteiger partial charge in [0.05, 0.1) is 19.7 Å². The molecule has 23 heavy (non-hydrogen) atoms. The van der Waals surface area contributed by atoms with Crippen molar-refractivity contribution in [1.82, 2.24) is 9.97 Å². The van der Waals surface area contributed by atoms with Gasteiger partial charge in [-0.25, -0.2) is 4.98 Å². The first-order chi connectivity index (χ1) is 11.3. The molecule has 0 radical (unpaired) electrons. The van der Waals surface area contributed by atoms with Crippen molar-refractivity contribution in [2.75, 3.05) is 0 Å². The molecule has 0 bridgehead atoms. The Morgan fingerprint density at radius 3 is 2.13 bits per heavy atom. The number of thiophene rings is 1. The van der Waals surface area contributed by atoms with Gasteiger partial charge in [-0.3, -0.25) is 0 Å². The third kappa shape index (κ3) is 1.95. The maximum absolute atomic E-state index is 4.91. The van der Waals surface area contributed by atoms with Crippen molar-refractivity contribution < 1.29 is 0 Å². The van der Waals surface area contributed by atoms with Crippen molar-refractivity contribution in [3.63, 3.8) is 0 Å². The number of hydrogen-bond donors (Lipinski definition) is 1. The van der Waals surface area contributed by atoms with Crippen molar-refractivity contribution in [3.8, 4) is 10.7 Å². The Morgan fingerprint density at radius 1 is 0.783 bits per heavy atom. The number of fused-ring (bicyclic) bond motifs is 6. The molecule has 5 aromatic rings. The fraction of sp³-hybridized carbons (Fsp3) is 0. The maximum Gasteiger partial charge on any atom is 0.148 e. The normalized spacial score (nSPS) is 11.7. The molecule has 0 spiro atoms. The molecule has 0 saturated heterocycles. The number of nitrogens with one attached hydrogen (secondary N) is 1. The van der Waals surface area contributed by atoms with Crippen LogP contribution in [0, 0.1) is 0 Å². The Morgan fingerprint density at radius 2 is 1.43 bits per heavy atom. The van der Waals surface area contributed by atoms with Gasteiger partial charge in [0.25, 0.3) is 0 Å². The van der Waals surface area contributed by atoms with Gasteiger partial charge >= 0.3 is 0 Å². The highest BCUT2D eigenvalue weighted by atomic mass is 79.9. The summed E-state index contributed by atoms with van der Waals surface area (Å²) in [5.41, 5.74) is 2.15. The summed E-state index contributed by atoms with van der Waals surface area (Å²) < 4.78 is 1.11. The van der Waals surface area contributed by atoms with Crippen molar-refractivity contribution in [2.24, 2.45) is 0 Å². The van der Waals surface area contributed by atoms with Crippen LogP contribution in [-0.4, -0.2) is 9.97 Å². The minimum Gasteiger partial charge on any atom is -0.337 e. The number of imidazole rings is 1. The largest absolute Gasteiger partial charge is 0.337 e. The molecule has 0 aliphatic heterocycles. The van der Waals surface area contributed by atoms with E-state index >= 15 is 0 Å². The van der Waals surface area contributed by atoms with E-state index in [9.17, 15) is 0 Å². The zero-order valence-corrected chi connectivity index (χ0v) is 14.4. The second-order valence-corrected chi connectivity index (χ2v) is 7.97. The third-order valence-electron chi connectivity index (χ3n) is 4.18. The highest BCUT2D eigenvalue weighted by Crippen LogP contribution is 2.36. The van der Waals surface area contributed by atoms with Gasteiger partial charge in [-0.05, 0) is 38.8 Å². The number of H-pyrrole nitrogens is 1. The SMILES string of the molecule is Brc1ccc(-c2nc3c4ccccc4c4ccccc4c3[nH]2)s1. The highest BCUT2D eigenvalue weighted by Gasteiger charge is 2.14. The van der Waals surface area contributed by atoms with Gasteiger partial charge in [0.15, 0.2) is 0 Å². The smallest absolute Gasteiger partial charge is 0.148 e. The van der Waals surface area contributed by atoms with Crippen LogP contribution in [0.2, 0.25) is 0 Å². The average Bonchev–Trinajstić information content (AvgIpc) is 3.21. The van der Waals surface area contributed by atoms with Crippen molar-refractivity contribution >= 4 is 59.8 Å². The fourth-order valence-corrected chi connectivity index (χ4v) is 4.51. The molecule has 0 saturated carbocycles. The van der Waals surface area contributed by atoms with Gasteiger partial charge < -0.3 is 4.98 Å². The quantitative estimate of drug-likeness (QED) is 0.337. The molecule has 110 valence electrons.